The number of carbonyl (C=O) groups is 1. The molecule has 1 N–H and O–H groups in total. The average molecular weight is 274 g/mol. The Labute approximate surface area is 117 Å². The van der Waals surface area contributed by atoms with E-state index in [0.29, 0.717) is 12.3 Å². The lowest BCUT2D eigenvalue weighted by molar-refractivity contribution is 0.0988. The van der Waals surface area contributed by atoms with Crippen molar-refractivity contribution >= 4 is 22.8 Å². The van der Waals surface area contributed by atoms with Crippen LogP contribution in [0.5, 0.6) is 0 Å². The number of anilines is 1. The molecule has 0 aliphatic heterocycles. The molecule has 1 heterocycles. The summed E-state index contributed by atoms with van der Waals surface area (Å²) in [5.41, 5.74) is 1.82. The molecule has 0 amide bonds. The fraction of sp³-hybridized carbons (Fsp3) is 0.333. The first kappa shape index (κ1) is 13.7. The standard InChI is InChI=1S/C15H18N2OS/c1-3-14(18)12-4-6-13(7-5-12)17-10-11(2)15-16-8-9-19-15/h4-9,11,17H,3,10H2,1-2H3. The second-order valence-electron chi connectivity index (χ2n) is 4.51. The molecule has 4 heteroatoms. The smallest absolute Gasteiger partial charge is 0.162 e. The van der Waals surface area contributed by atoms with Gasteiger partial charge in [-0.15, -0.1) is 11.3 Å². The molecule has 3 nitrogen and oxygen atoms in total. The van der Waals surface area contributed by atoms with E-state index in [9.17, 15) is 4.79 Å². The monoisotopic (exact) mass is 274 g/mol. The number of rotatable bonds is 6. The normalized spacial score (nSPS) is 12.1. The van der Waals surface area contributed by atoms with E-state index in [1.807, 2.05) is 42.8 Å². The van der Waals surface area contributed by atoms with Crippen LogP contribution in [-0.2, 0) is 0 Å². The molecule has 0 saturated heterocycles. The zero-order valence-corrected chi connectivity index (χ0v) is 12.0. The summed E-state index contributed by atoms with van der Waals surface area (Å²) in [5.74, 6) is 0.569. The molecule has 1 aromatic carbocycles. The van der Waals surface area contributed by atoms with Gasteiger partial charge in [0.25, 0.3) is 0 Å². The summed E-state index contributed by atoms with van der Waals surface area (Å²) in [7, 11) is 0. The Morgan fingerprint density at radius 2 is 2.11 bits per heavy atom. The number of nitrogens with one attached hydrogen (secondary N) is 1. The lowest BCUT2D eigenvalue weighted by Gasteiger charge is -2.11. The molecular weight excluding hydrogens is 256 g/mol. The highest BCUT2D eigenvalue weighted by molar-refractivity contribution is 7.09. The van der Waals surface area contributed by atoms with E-state index >= 15 is 0 Å². The van der Waals surface area contributed by atoms with Crippen molar-refractivity contribution in [3.63, 3.8) is 0 Å². The van der Waals surface area contributed by atoms with Crippen molar-refractivity contribution in [3.8, 4) is 0 Å². The van der Waals surface area contributed by atoms with Gasteiger partial charge in [0.05, 0.1) is 5.01 Å². The molecule has 19 heavy (non-hydrogen) atoms. The van der Waals surface area contributed by atoms with Gasteiger partial charge in [-0.05, 0) is 24.3 Å². The number of Topliss-reactive ketones (excluding diaryl/α,β-unsaturated/α-hetero) is 1. The van der Waals surface area contributed by atoms with Gasteiger partial charge in [-0.25, -0.2) is 4.98 Å². The van der Waals surface area contributed by atoms with Crippen LogP contribution in [0, 0.1) is 0 Å². The quantitative estimate of drug-likeness (QED) is 0.811. The van der Waals surface area contributed by atoms with Crippen LogP contribution in [0.4, 0.5) is 5.69 Å². The third-order valence-corrected chi connectivity index (χ3v) is 4.02. The number of aromatic nitrogens is 1. The van der Waals surface area contributed by atoms with Gasteiger partial charge in [-0.1, -0.05) is 13.8 Å². The van der Waals surface area contributed by atoms with Crippen molar-refractivity contribution in [1.82, 2.24) is 4.98 Å². The maximum Gasteiger partial charge on any atom is 0.162 e. The Bertz CT molecular complexity index is 520. The Hall–Kier alpha value is -1.68. The highest BCUT2D eigenvalue weighted by atomic mass is 32.1. The van der Waals surface area contributed by atoms with Gasteiger partial charge in [-0.3, -0.25) is 4.79 Å². The largest absolute Gasteiger partial charge is 0.384 e. The second kappa shape index (κ2) is 6.48. The van der Waals surface area contributed by atoms with Gasteiger partial charge >= 0.3 is 0 Å². The third kappa shape index (κ3) is 3.64. The van der Waals surface area contributed by atoms with Crippen molar-refractivity contribution in [1.29, 1.82) is 0 Å². The van der Waals surface area contributed by atoms with Gasteiger partial charge in [0, 0.05) is 41.7 Å². The molecule has 1 aromatic heterocycles. The number of carbonyl (C=O) groups excluding carboxylic acids is 1. The summed E-state index contributed by atoms with van der Waals surface area (Å²) in [6.07, 6.45) is 2.38. The first-order chi connectivity index (χ1) is 9.20. The zero-order chi connectivity index (χ0) is 13.7. The zero-order valence-electron chi connectivity index (χ0n) is 11.2. The van der Waals surface area contributed by atoms with Crippen LogP contribution in [0.25, 0.3) is 0 Å². The molecule has 0 aliphatic rings. The molecule has 0 saturated carbocycles. The van der Waals surface area contributed by atoms with E-state index in [2.05, 4.69) is 17.2 Å². The molecular formula is C15H18N2OS. The minimum absolute atomic E-state index is 0.183. The molecule has 1 atom stereocenters. The van der Waals surface area contributed by atoms with E-state index < -0.39 is 0 Å². The van der Waals surface area contributed by atoms with Crippen molar-refractivity contribution in [3.05, 3.63) is 46.4 Å². The number of benzene rings is 1. The maximum atomic E-state index is 11.5. The van der Waals surface area contributed by atoms with Crippen LogP contribution in [0.3, 0.4) is 0 Å². The Kier molecular flexibility index (Phi) is 4.68. The third-order valence-electron chi connectivity index (χ3n) is 3.01. The Balaban J connectivity index is 1.91. The fourth-order valence-electron chi connectivity index (χ4n) is 1.81. The van der Waals surface area contributed by atoms with Gasteiger partial charge in [0.15, 0.2) is 5.78 Å². The summed E-state index contributed by atoms with van der Waals surface area (Å²) in [4.78, 5) is 15.8. The summed E-state index contributed by atoms with van der Waals surface area (Å²) in [5, 5.41) is 6.51. The first-order valence-electron chi connectivity index (χ1n) is 6.47. The number of hydrogen-bond donors (Lipinski definition) is 1. The summed E-state index contributed by atoms with van der Waals surface area (Å²) < 4.78 is 0. The summed E-state index contributed by atoms with van der Waals surface area (Å²) >= 11 is 1.68. The van der Waals surface area contributed by atoms with Crippen molar-refractivity contribution in [2.24, 2.45) is 0 Å². The van der Waals surface area contributed by atoms with Gasteiger partial charge in [0.1, 0.15) is 0 Å². The minimum atomic E-state index is 0.183. The van der Waals surface area contributed by atoms with Gasteiger partial charge in [0.2, 0.25) is 0 Å². The van der Waals surface area contributed by atoms with Crippen LogP contribution in [0.2, 0.25) is 0 Å². The molecule has 100 valence electrons. The lowest BCUT2D eigenvalue weighted by Crippen LogP contribution is -2.09. The molecule has 1 unspecified atom stereocenters. The number of ketones is 1. The van der Waals surface area contributed by atoms with Crippen LogP contribution in [0.1, 0.15) is 41.6 Å². The van der Waals surface area contributed by atoms with Gasteiger partial charge in [-0.2, -0.15) is 0 Å². The molecule has 0 spiro atoms. The van der Waals surface area contributed by atoms with Crippen molar-refractivity contribution in [2.75, 3.05) is 11.9 Å². The molecule has 0 bridgehead atoms. The SMILES string of the molecule is CCC(=O)c1ccc(NCC(C)c2nccs2)cc1. The summed E-state index contributed by atoms with van der Waals surface area (Å²) in [6, 6.07) is 7.67. The van der Waals surface area contributed by atoms with Crippen LogP contribution >= 0.6 is 11.3 Å². The Morgan fingerprint density at radius 1 is 1.37 bits per heavy atom. The van der Waals surface area contributed by atoms with Crippen molar-refractivity contribution in [2.45, 2.75) is 26.2 Å². The predicted octanol–water partition coefficient (Wildman–Crippen LogP) is 3.95. The van der Waals surface area contributed by atoms with E-state index in [1.54, 1.807) is 11.3 Å². The van der Waals surface area contributed by atoms with E-state index in [4.69, 9.17) is 0 Å². The topological polar surface area (TPSA) is 42.0 Å². The molecule has 0 radical (unpaired) electrons. The fourth-order valence-corrected chi connectivity index (χ4v) is 2.51. The molecule has 0 fully saturated rings. The highest BCUT2D eigenvalue weighted by Gasteiger charge is 2.08. The lowest BCUT2D eigenvalue weighted by atomic mass is 10.1. The van der Waals surface area contributed by atoms with Crippen LogP contribution < -0.4 is 5.32 Å². The van der Waals surface area contributed by atoms with E-state index in [-0.39, 0.29) is 5.78 Å². The van der Waals surface area contributed by atoms with Crippen LogP contribution in [-0.4, -0.2) is 17.3 Å². The highest BCUT2D eigenvalue weighted by Crippen LogP contribution is 2.19. The van der Waals surface area contributed by atoms with E-state index in [0.717, 1.165) is 22.8 Å². The average Bonchev–Trinajstić information content (AvgIpc) is 2.98. The van der Waals surface area contributed by atoms with E-state index in [1.165, 1.54) is 0 Å². The molecule has 2 rings (SSSR count). The number of nitrogens with zero attached hydrogens (tertiary/aromatic N) is 1. The second-order valence-corrected chi connectivity index (χ2v) is 5.43. The number of hydrogen-bond acceptors (Lipinski definition) is 4. The first-order valence-corrected chi connectivity index (χ1v) is 7.35. The molecule has 2 aromatic rings. The van der Waals surface area contributed by atoms with Crippen LogP contribution in [0.15, 0.2) is 35.8 Å². The van der Waals surface area contributed by atoms with Crippen molar-refractivity contribution < 1.29 is 4.79 Å². The van der Waals surface area contributed by atoms with Gasteiger partial charge < -0.3 is 5.32 Å². The minimum Gasteiger partial charge on any atom is -0.384 e. The summed E-state index contributed by atoms with van der Waals surface area (Å²) in [6.45, 7) is 4.87. The Morgan fingerprint density at radius 3 is 2.68 bits per heavy atom. The maximum absolute atomic E-state index is 11.5. The predicted molar refractivity (Wildman–Crippen MR) is 80.1 cm³/mol. The number of thiazole rings is 1. The molecule has 0 aliphatic carbocycles.